The quantitative estimate of drug-likeness (QED) is 0.814. The van der Waals surface area contributed by atoms with E-state index in [0.29, 0.717) is 4.83 Å². The summed E-state index contributed by atoms with van der Waals surface area (Å²) in [5.74, 6) is 0. The summed E-state index contributed by atoms with van der Waals surface area (Å²) in [5.41, 5.74) is 0. The lowest BCUT2D eigenvalue weighted by Crippen LogP contribution is -2.42. The first-order chi connectivity index (χ1) is 7.58. The molecule has 0 aliphatic heterocycles. The monoisotopic (exact) mass is 309 g/mol. The van der Waals surface area contributed by atoms with Gasteiger partial charge in [0.15, 0.2) is 0 Å². The van der Waals surface area contributed by atoms with Gasteiger partial charge in [0.05, 0.1) is 5.25 Å². The minimum atomic E-state index is -3.04. The summed E-state index contributed by atoms with van der Waals surface area (Å²) in [7, 11) is -3.04. The molecule has 0 atom stereocenters. The highest BCUT2D eigenvalue weighted by Gasteiger charge is 2.31. The fraction of sp³-hybridized carbons (Fsp3) is 1.00. The van der Waals surface area contributed by atoms with Gasteiger partial charge in [0.2, 0.25) is 10.0 Å². The van der Waals surface area contributed by atoms with Crippen LogP contribution in [-0.4, -0.2) is 24.5 Å². The van der Waals surface area contributed by atoms with Crippen molar-refractivity contribution in [3.8, 4) is 0 Å². The van der Waals surface area contributed by atoms with Crippen molar-refractivity contribution < 1.29 is 8.42 Å². The zero-order valence-corrected chi connectivity index (χ0v) is 11.9. The second kappa shape index (κ2) is 5.36. The largest absolute Gasteiger partial charge is 0.214 e. The molecule has 2 fully saturated rings. The third kappa shape index (κ3) is 3.20. The van der Waals surface area contributed by atoms with E-state index in [0.717, 1.165) is 51.4 Å². The summed E-state index contributed by atoms with van der Waals surface area (Å²) in [6.07, 6.45) is 7.95. The zero-order chi connectivity index (χ0) is 11.6. The van der Waals surface area contributed by atoms with Gasteiger partial charge in [-0.3, -0.25) is 0 Å². The number of hydrogen-bond acceptors (Lipinski definition) is 2. The van der Waals surface area contributed by atoms with Crippen molar-refractivity contribution in [1.82, 2.24) is 4.72 Å². The van der Waals surface area contributed by atoms with Crippen LogP contribution in [0.5, 0.6) is 0 Å². The lowest BCUT2D eigenvalue weighted by atomic mass is 9.96. The van der Waals surface area contributed by atoms with Gasteiger partial charge in [0.25, 0.3) is 0 Å². The molecular weight excluding hydrogens is 290 g/mol. The Morgan fingerprint density at radius 2 is 1.50 bits per heavy atom. The van der Waals surface area contributed by atoms with E-state index in [1.165, 1.54) is 0 Å². The number of halogens is 1. The van der Waals surface area contributed by atoms with E-state index in [2.05, 4.69) is 20.7 Å². The molecule has 2 rings (SSSR count). The molecule has 5 heteroatoms. The van der Waals surface area contributed by atoms with E-state index in [-0.39, 0.29) is 11.3 Å². The molecule has 0 amide bonds. The van der Waals surface area contributed by atoms with E-state index in [1.54, 1.807) is 0 Å². The van der Waals surface area contributed by atoms with E-state index < -0.39 is 10.0 Å². The minimum absolute atomic E-state index is 0.116. The predicted molar refractivity (Wildman–Crippen MR) is 69.3 cm³/mol. The first kappa shape index (κ1) is 12.8. The number of rotatable bonds is 3. The molecule has 16 heavy (non-hydrogen) atoms. The highest BCUT2D eigenvalue weighted by atomic mass is 79.9. The third-order valence-corrected chi connectivity index (χ3v) is 6.66. The van der Waals surface area contributed by atoms with Crippen LogP contribution in [-0.2, 0) is 10.0 Å². The summed E-state index contributed by atoms with van der Waals surface area (Å²) in [6, 6.07) is 0.180. The summed E-state index contributed by atoms with van der Waals surface area (Å²) >= 11 is 3.58. The molecule has 2 aliphatic carbocycles. The highest BCUT2D eigenvalue weighted by Crippen LogP contribution is 2.28. The van der Waals surface area contributed by atoms with E-state index in [1.807, 2.05) is 0 Å². The van der Waals surface area contributed by atoms with Crippen molar-refractivity contribution in [3.05, 3.63) is 0 Å². The molecule has 1 N–H and O–H groups in total. The topological polar surface area (TPSA) is 46.2 Å². The Bertz CT molecular complexity index is 317. The molecule has 0 aromatic carbocycles. The van der Waals surface area contributed by atoms with Gasteiger partial charge >= 0.3 is 0 Å². The molecule has 0 radical (unpaired) electrons. The summed E-state index contributed by atoms with van der Waals surface area (Å²) in [4.78, 5) is 0.583. The van der Waals surface area contributed by atoms with Crippen molar-refractivity contribution >= 4 is 26.0 Å². The van der Waals surface area contributed by atoms with Crippen LogP contribution in [0.3, 0.4) is 0 Å². The third-order valence-electron chi connectivity index (χ3n) is 3.73. The van der Waals surface area contributed by atoms with E-state index in [9.17, 15) is 8.42 Å². The molecule has 0 heterocycles. The van der Waals surface area contributed by atoms with Crippen LogP contribution >= 0.6 is 15.9 Å². The van der Waals surface area contributed by atoms with Gasteiger partial charge in [-0.15, -0.1) is 0 Å². The molecule has 0 spiro atoms. The predicted octanol–water partition coefficient (Wildman–Crippen LogP) is 2.55. The van der Waals surface area contributed by atoms with Crippen LogP contribution < -0.4 is 4.72 Å². The summed E-state index contributed by atoms with van der Waals surface area (Å²) < 4.78 is 27.0. The molecule has 3 nitrogen and oxygen atoms in total. The average molecular weight is 310 g/mol. The second-order valence-electron chi connectivity index (χ2n) is 5.02. The van der Waals surface area contributed by atoms with Gasteiger partial charge in [-0.2, -0.15) is 0 Å². The molecule has 94 valence electrons. The Labute approximate surface area is 107 Å². The summed E-state index contributed by atoms with van der Waals surface area (Å²) in [6.45, 7) is 0. The highest BCUT2D eigenvalue weighted by molar-refractivity contribution is 9.09. The van der Waals surface area contributed by atoms with Crippen molar-refractivity contribution in [3.63, 3.8) is 0 Å². The van der Waals surface area contributed by atoms with Crippen LogP contribution in [0.15, 0.2) is 0 Å². The maximum atomic E-state index is 12.1. The molecular formula is C11H20BrNO2S. The van der Waals surface area contributed by atoms with Crippen LogP contribution in [0.1, 0.15) is 51.4 Å². The first-order valence-corrected chi connectivity index (χ1v) is 8.69. The minimum Gasteiger partial charge on any atom is -0.212 e. The Morgan fingerprint density at radius 1 is 0.938 bits per heavy atom. The van der Waals surface area contributed by atoms with Gasteiger partial charge in [-0.1, -0.05) is 28.8 Å². The van der Waals surface area contributed by atoms with Crippen molar-refractivity contribution in [2.75, 3.05) is 0 Å². The maximum absolute atomic E-state index is 12.1. The molecule has 0 saturated heterocycles. The zero-order valence-electron chi connectivity index (χ0n) is 9.49. The van der Waals surface area contributed by atoms with E-state index >= 15 is 0 Å². The van der Waals surface area contributed by atoms with Crippen LogP contribution in [0.25, 0.3) is 0 Å². The maximum Gasteiger partial charge on any atom is 0.214 e. The van der Waals surface area contributed by atoms with Crippen LogP contribution in [0.2, 0.25) is 0 Å². The van der Waals surface area contributed by atoms with Gasteiger partial charge in [-0.05, 0) is 38.5 Å². The van der Waals surface area contributed by atoms with Gasteiger partial charge in [0.1, 0.15) is 0 Å². The molecule has 0 bridgehead atoms. The van der Waals surface area contributed by atoms with E-state index in [4.69, 9.17) is 0 Å². The van der Waals surface area contributed by atoms with Gasteiger partial charge in [0, 0.05) is 10.9 Å². The number of hydrogen-bond donors (Lipinski definition) is 1. The van der Waals surface area contributed by atoms with Crippen LogP contribution in [0, 0.1) is 0 Å². The van der Waals surface area contributed by atoms with Crippen LogP contribution in [0.4, 0.5) is 0 Å². The molecule has 0 aromatic heterocycles. The fourth-order valence-electron chi connectivity index (χ4n) is 2.70. The molecule has 0 aromatic rings. The molecule has 0 unspecified atom stereocenters. The lowest BCUT2D eigenvalue weighted by Gasteiger charge is -2.27. The average Bonchev–Trinajstić information content (AvgIpc) is 2.75. The number of alkyl halides is 1. The Kier molecular flexibility index (Phi) is 4.30. The van der Waals surface area contributed by atoms with Crippen molar-refractivity contribution in [2.45, 2.75) is 67.5 Å². The molecule has 2 saturated carbocycles. The Hall–Kier alpha value is 0.390. The Morgan fingerprint density at radius 3 is 2.06 bits per heavy atom. The SMILES string of the molecule is O=S(=O)(NC1CCC(Br)CC1)C1CCCC1. The molecule has 2 aliphatic rings. The smallest absolute Gasteiger partial charge is 0.212 e. The van der Waals surface area contributed by atoms with Gasteiger partial charge < -0.3 is 0 Å². The van der Waals surface area contributed by atoms with Crippen molar-refractivity contribution in [1.29, 1.82) is 0 Å². The normalized spacial score (nSPS) is 33.1. The Balaban J connectivity index is 1.88. The summed E-state index contributed by atoms with van der Waals surface area (Å²) in [5, 5.41) is -0.116. The lowest BCUT2D eigenvalue weighted by molar-refractivity contribution is 0.420. The first-order valence-electron chi connectivity index (χ1n) is 6.23. The standard InChI is InChI=1S/C11H20BrNO2S/c12-9-5-7-10(8-6-9)13-16(14,15)11-3-1-2-4-11/h9-11,13H,1-8H2. The number of sulfonamides is 1. The number of nitrogens with one attached hydrogen (secondary N) is 1. The second-order valence-corrected chi connectivity index (χ2v) is 8.31. The van der Waals surface area contributed by atoms with Crippen molar-refractivity contribution in [2.24, 2.45) is 0 Å². The van der Waals surface area contributed by atoms with Gasteiger partial charge in [-0.25, -0.2) is 13.1 Å². The fourth-order valence-corrected chi connectivity index (χ4v) is 5.07.